The number of ether oxygens (including phenoxy) is 4. The Morgan fingerprint density at radius 3 is 0.889 bits per heavy atom. The van der Waals surface area contributed by atoms with Crippen LogP contribution in [0.1, 0.15) is 77.6 Å². The second kappa shape index (κ2) is 29.9. The van der Waals surface area contributed by atoms with Crippen LogP contribution in [0, 0.1) is 23.3 Å². The summed E-state index contributed by atoms with van der Waals surface area (Å²) in [5.74, 6) is 0.993. The van der Waals surface area contributed by atoms with Gasteiger partial charge in [0.05, 0.1) is 38.9 Å². The second-order valence-corrected chi connectivity index (χ2v) is 19.7. The maximum atomic E-state index is 13.0. The number of hydrogen-bond donors (Lipinski definition) is 6. The summed E-state index contributed by atoms with van der Waals surface area (Å²) >= 11 is 0. The number of fused-ring (bicyclic) bond motifs is 4. The highest BCUT2D eigenvalue weighted by atomic mass is 32.2. The van der Waals surface area contributed by atoms with E-state index >= 15 is 0 Å². The SMILES string of the molecule is C.C.C.C.CS(=O)(=O)OC[C@@H](O)[C@@H]1CCc2cc(F)ccc2O1.CS(=O)(=O)OC[C@@H](O)[C@H]1CCc2cc(F)ccc2O1.OC[C@@H](O)[C@@H]1CCc2cc(F)ccc2O1.OC[C@@H](O)[C@H]1CCc2cc(F)ccc2O1. The van der Waals surface area contributed by atoms with Crippen molar-refractivity contribution in [2.75, 3.05) is 38.9 Å². The van der Waals surface area contributed by atoms with E-state index in [1.807, 2.05) is 0 Å². The van der Waals surface area contributed by atoms with Gasteiger partial charge in [0.1, 0.15) is 95.1 Å². The predicted molar refractivity (Wildman–Crippen MR) is 263 cm³/mol. The zero-order valence-corrected chi connectivity index (χ0v) is 38.8. The van der Waals surface area contributed by atoms with E-state index in [-0.39, 0.29) is 79.4 Å². The van der Waals surface area contributed by atoms with Crippen molar-refractivity contribution in [2.24, 2.45) is 0 Å². The van der Waals surface area contributed by atoms with Crippen molar-refractivity contribution in [2.45, 2.75) is 130 Å². The maximum Gasteiger partial charge on any atom is 0.264 e. The summed E-state index contributed by atoms with van der Waals surface area (Å²) in [5, 5.41) is 56.1. The monoisotopic (exact) mass is 1070 g/mol. The molecule has 0 bridgehead atoms. The van der Waals surface area contributed by atoms with Gasteiger partial charge in [-0.15, -0.1) is 0 Å². The molecule has 6 N–H and O–H groups in total. The lowest BCUT2D eigenvalue weighted by Crippen LogP contribution is -2.38. The maximum absolute atomic E-state index is 13.0. The Labute approximate surface area is 421 Å². The second-order valence-electron chi connectivity index (χ2n) is 16.4. The normalized spacial score (nSPS) is 19.8. The van der Waals surface area contributed by atoms with Gasteiger partial charge in [0.15, 0.2) is 0 Å². The lowest BCUT2D eigenvalue weighted by atomic mass is 9.99. The van der Waals surface area contributed by atoms with Crippen LogP contribution in [0.2, 0.25) is 0 Å². The zero-order chi connectivity index (χ0) is 49.8. The van der Waals surface area contributed by atoms with Crippen LogP contribution < -0.4 is 18.9 Å². The first-order valence-corrected chi connectivity index (χ1v) is 25.2. The Balaban J connectivity index is 0.000000474. The van der Waals surface area contributed by atoms with Gasteiger partial charge in [0, 0.05) is 0 Å². The van der Waals surface area contributed by atoms with Crippen LogP contribution in [-0.2, 0) is 54.3 Å². The Kier molecular flexibility index (Phi) is 27.2. The summed E-state index contributed by atoms with van der Waals surface area (Å²) in [5.41, 5.74) is 3.12. The first-order chi connectivity index (χ1) is 32.1. The van der Waals surface area contributed by atoms with E-state index in [0.29, 0.717) is 74.4 Å². The van der Waals surface area contributed by atoms with Crippen molar-refractivity contribution in [3.63, 3.8) is 0 Å². The van der Waals surface area contributed by atoms with Gasteiger partial charge in [-0.3, -0.25) is 8.37 Å². The highest BCUT2D eigenvalue weighted by Crippen LogP contribution is 2.32. The molecule has 0 aromatic heterocycles. The summed E-state index contributed by atoms with van der Waals surface area (Å²) in [7, 11) is -7.18. The molecule has 0 saturated carbocycles. The van der Waals surface area contributed by atoms with Crippen LogP contribution >= 0.6 is 0 Å². The minimum Gasteiger partial charge on any atom is -0.487 e. The van der Waals surface area contributed by atoms with Gasteiger partial charge in [0.25, 0.3) is 20.2 Å². The molecule has 4 aliphatic rings. The van der Waals surface area contributed by atoms with Gasteiger partial charge < -0.3 is 49.6 Å². The molecule has 0 radical (unpaired) electrons. The van der Waals surface area contributed by atoms with Crippen LogP contribution in [-0.4, -0.2) is 135 Å². The van der Waals surface area contributed by atoms with E-state index < -0.39 is 69.1 Å². The van der Waals surface area contributed by atoms with Crippen molar-refractivity contribution in [1.82, 2.24) is 0 Å². The minimum atomic E-state index is -3.59. The quantitative estimate of drug-likeness (QED) is 0.0704. The van der Waals surface area contributed by atoms with Gasteiger partial charge in [0.2, 0.25) is 0 Å². The molecule has 4 aliphatic heterocycles. The molecule has 0 aliphatic carbocycles. The van der Waals surface area contributed by atoms with Crippen molar-refractivity contribution in [3.05, 3.63) is 118 Å². The molecule has 0 saturated heterocycles. The third-order valence-corrected chi connectivity index (χ3v) is 12.1. The number of benzene rings is 4. The molecule has 4 aromatic carbocycles. The standard InChI is InChI=1S/2C12H15FO5S.2C11H13FO3.4CH4/c2*1-19(15,16)17-7-10(14)12-4-2-8-6-9(13)3-5-11(8)18-12;2*12-8-2-4-10-7(5-8)1-3-11(15-10)9(14)6-13;;;;/h2*3,5-6,10,12,14H,2,4,7H2,1H3;2*2,4-5,9,11,13-14H,1,3,6H2;4*1H4/t10-,12+;10-,12-;9-,11+;9-,11-;;;;/m1111..../s1. The van der Waals surface area contributed by atoms with E-state index in [9.17, 15) is 54.8 Å². The molecule has 72 heavy (non-hydrogen) atoms. The first-order valence-electron chi connectivity index (χ1n) is 21.5. The molecule has 0 spiro atoms. The van der Waals surface area contributed by atoms with E-state index in [0.717, 1.165) is 34.8 Å². The summed E-state index contributed by atoms with van der Waals surface area (Å²) in [6.07, 6.45) is 0.684. The summed E-state index contributed by atoms with van der Waals surface area (Å²) in [6.45, 7) is -1.33. The average molecular weight is 1070 g/mol. The van der Waals surface area contributed by atoms with Crippen LogP contribution in [0.4, 0.5) is 17.6 Å². The van der Waals surface area contributed by atoms with Crippen LogP contribution in [0.15, 0.2) is 72.8 Å². The largest absolute Gasteiger partial charge is 0.487 e. The van der Waals surface area contributed by atoms with E-state index in [1.54, 1.807) is 12.1 Å². The van der Waals surface area contributed by atoms with E-state index in [1.165, 1.54) is 60.7 Å². The van der Waals surface area contributed by atoms with E-state index in [4.69, 9.17) is 29.2 Å². The molecule has 0 fully saturated rings. The van der Waals surface area contributed by atoms with Gasteiger partial charge in [-0.1, -0.05) is 29.7 Å². The Morgan fingerprint density at radius 2 is 0.681 bits per heavy atom. The number of hydrogen-bond acceptors (Lipinski definition) is 16. The molecule has 4 aromatic rings. The fourth-order valence-corrected chi connectivity index (χ4v) is 8.21. The number of halogens is 4. The van der Waals surface area contributed by atoms with Crippen LogP contribution in [0.3, 0.4) is 0 Å². The van der Waals surface area contributed by atoms with Gasteiger partial charge >= 0.3 is 0 Å². The molecule has 16 nitrogen and oxygen atoms in total. The zero-order valence-electron chi connectivity index (χ0n) is 37.1. The smallest absolute Gasteiger partial charge is 0.264 e. The van der Waals surface area contributed by atoms with Crippen molar-refractivity contribution < 1.29 is 92.4 Å². The predicted octanol–water partition coefficient (Wildman–Crippen LogP) is 6.00. The Bertz CT molecular complexity index is 2330. The van der Waals surface area contributed by atoms with Crippen molar-refractivity contribution in [1.29, 1.82) is 0 Å². The molecule has 0 unspecified atom stereocenters. The van der Waals surface area contributed by atoms with Gasteiger partial charge in [-0.25, -0.2) is 17.6 Å². The van der Waals surface area contributed by atoms with Gasteiger partial charge in [-0.2, -0.15) is 16.8 Å². The highest BCUT2D eigenvalue weighted by Gasteiger charge is 2.30. The molecule has 22 heteroatoms. The third kappa shape index (κ3) is 20.4. The van der Waals surface area contributed by atoms with Crippen molar-refractivity contribution >= 4 is 20.2 Å². The summed E-state index contributed by atoms with van der Waals surface area (Å²) in [4.78, 5) is 0. The number of aliphatic hydroxyl groups is 6. The molecular weight excluding hydrogens is 997 g/mol. The lowest BCUT2D eigenvalue weighted by molar-refractivity contribution is -0.00965. The van der Waals surface area contributed by atoms with Crippen LogP contribution in [0.25, 0.3) is 0 Å². The molecule has 408 valence electrons. The minimum absolute atomic E-state index is 0. The Morgan fingerprint density at radius 1 is 0.458 bits per heavy atom. The first kappa shape index (κ1) is 65.4. The number of rotatable bonds is 12. The average Bonchev–Trinajstić information content (AvgIpc) is 3.31. The Hall–Kier alpha value is -4.62. The highest BCUT2D eigenvalue weighted by molar-refractivity contribution is 7.86. The topological polar surface area (TPSA) is 245 Å². The molecule has 4 heterocycles. The fraction of sp³-hybridized carbons (Fsp3) is 0.520. The number of aryl methyl sites for hydroxylation is 4. The fourth-order valence-electron chi connectivity index (χ4n) is 7.43. The molecule has 8 atom stereocenters. The molecule has 8 rings (SSSR count). The lowest BCUT2D eigenvalue weighted by Gasteiger charge is -2.29. The third-order valence-electron chi connectivity index (χ3n) is 11.0. The van der Waals surface area contributed by atoms with Gasteiger partial charge in [-0.05, 0) is 146 Å². The molecule has 0 amide bonds. The summed E-state index contributed by atoms with van der Waals surface area (Å²) < 4.78 is 126. The van der Waals surface area contributed by atoms with Crippen molar-refractivity contribution in [3.8, 4) is 23.0 Å². The van der Waals surface area contributed by atoms with Crippen LogP contribution in [0.5, 0.6) is 23.0 Å². The number of aliphatic hydroxyl groups excluding tert-OH is 6. The molecular formula is C50H72F4O16S2. The summed E-state index contributed by atoms with van der Waals surface area (Å²) in [6, 6.07) is 17.0. The van der Waals surface area contributed by atoms with E-state index in [2.05, 4.69) is 8.37 Å².